The second-order valence-corrected chi connectivity index (χ2v) is 9.75. The Bertz CT molecular complexity index is 1460. The van der Waals surface area contributed by atoms with Gasteiger partial charge in [0.05, 0.1) is 11.3 Å². The molecule has 5 rings (SSSR count). The lowest BCUT2D eigenvalue weighted by Gasteiger charge is -2.11. The van der Waals surface area contributed by atoms with Crippen LogP contribution in [-0.4, -0.2) is 32.5 Å². The van der Waals surface area contributed by atoms with Gasteiger partial charge in [-0.1, -0.05) is 18.2 Å². The molecule has 0 radical (unpaired) electrons. The first-order valence-corrected chi connectivity index (χ1v) is 12.4. The number of amides is 1. The zero-order chi connectivity index (χ0) is 23.5. The van der Waals surface area contributed by atoms with E-state index in [-0.39, 0.29) is 17.2 Å². The van der Waals surface area contributed by atoms with Crippen molar-refractivity contribution in [2.75, 3.05) is 23.2 Å². The summed E-state index contributed by atoms with van der Waals surface area (Å²) >= 11 is 0. The zero-order valence-electron chi connectivity index (χ0n) is 18.3. The number of hydrogen-bond acceptors (Lipinski definition) is 5. The molecule has 1 aliphatic rings. The summed E-state index contributed by atoms with van der Waals surface area (Å²) in [6, 6.07) is 19.8. The van der Waals surface area contributed by atoms with Crippen LogP contribution in [0.1, 0.15) is 11.1 Å². The topological polar surface area (TPSA) is 112 Å². The van der Waals surface area contributed by atoms with Gasteiger partial charge in [0.2, 0.25) is 5.91 Å². The van der Waals surface area contributed by atoms with Crippen molar-refractivity contribution in [3.63, 3.8) is 0 Å². The molecule has 0 fully saturated rings. The lowest BCUT2D eigenvalue weighted by Crippen LogP contribution is -2.20. The smallest absolute Gasteiger partial charge is 0.261 e. The third-order valence-electron chi connectivity index (χ3n) is 5.61. The Morgan fingerprint density at radius 1 is 1.00 bits per heavy atom. The summed E-state index contributed by atoms with van der Waals surface area (Å²) in [6.45, 7) is 1.71. The summed E-state index contributed by atoms with van der Waals surface area (Å²) in [7, 11) is -3.77. The maximum absolute atomic E-state index is 12.9. The number of nitrogens with one attached hydrogen (secondary N) is 4. The van der Waals surface area contributed by atoms with Gasteiger partial charge in [0.1, 0.15) is 12.4 Å². The van der Waals surface area contributed by atoms with Crippen molar-refractivity contribution in [1.29, 1.82) is 0 Å². The van der Waals surface area contributed by atoms with E-state index in [4.69, 9.17) is 4.74 Å². The fourth-order valence-corrected chi connectivity index (χ4v) is 5.08. The van der Waals surface area contributed by atoms with E-state index in [1.807, 2.05) is 42.6 Å². The Kier molecular flexibility index (Phi) is 5.95. The number of carbonyl (C=O) groups excluding carboxylic acids is 1. The van der Waals surface area contributed by atoms with Gasteiger partial charge in [-0.25, -0.2) is 8.42 Å². The molecule has 0 bridgehead atoms. The number of rotatable bonds is 9. The number of sulfonamides is 1. The van der Waals surface area contributed by atoms with Crippen LogP contribution < -0.4 is 20.1 Å². The highest BCUT2D eigenvalue weighted by atomic mass is 32.2. The summed E-state index contributed by atoms with van der Waals surface area (Å²) in [4.78, 5) is 14.8. The van der Waals surface area contributed by atoms with Crippen LogP contribution >= 0.6 is 0 Å². The molecule has 0 aliphatic carbocycles. The van der Waals surface area contributed by atoms with E-state index in [0.29, 0.717) is 36.6 Å². The predicted octanol–water partition coefficient (Wildman–Crippen LogP) is 3.63. The van der Waals surface area contributed by atoms with Gasteiger partial charge >= 0.3 is 0 Å². The van der Waals surface area contributed by atoms with Gasteiger partial charge in [0.25, 0.3) is 10.0 Å². The first-order chi connectivity index (χ1) is 16.5. The molecule has 34 heavy (non-hydrogen) atoms. The molecule has 8 nitrogen and oxygen atoms in total. The summed E-state index contributed by atoms with van der Waals surface area (Å²) in [5, 5.41) is 7.07. The van der Waals surface area contributed by atoms with E-state index in [1.54, 1.807) is 18.2 Å². The lowest BCUT2D eigenvalue weighted by atomic mass is 10.2. The van der Waals surface area contributed by atoms with Crippen LogP contribution in [0.15, 0.2) is 77.8 Å². The van der Waals surface area contributed by atoms with Crippen LogP contribution in [0.2, 0.25) is 0 Å². The summed E-state index contributed by atoms with van der Waals surface area (Å²) < 4.78 is 34.2. The Labute approximate surface area is 197 Å². The van der Waals surface area contributed by atoms with Crippen LogP contribution in [0.25, 0.3) is 10.9 Å². The predicted molar refractivity (Wildman–Crippen MR) is 132 cm³/mol. The molecule has 0 atom stereocenters. The molecule has 0 saturated heterocycles. The molecular formula is C25H24N4O4S. The minimum atomic E-state index is -3.77. The summed E-state index contributed by atoms with van der Waals surface area (Å²) in [5.74, 6) is 0.702. The van der Waals surface area contributed by atoms with Crippen molar-refractivity contribution in [1.82, 2.24) is 10.3 Å². The summed E-state index contributed by atoms with van der Waals surface area (Å²) in [5.41, 5.74) is 3.79. The first-order valence-electron chi connectivity index (χ1n) is 10.9. The molecule has 4 aromatic rings. The van der Waals surface area contributed by atoms with Crippen molar-refractivity contribution in [2.45, 2.75) is 17.9 Å². The zero-order valence-corrected chi connectivity index (χ0v) is 19.1. The molecule has 174 valence electrons. The molecule has 2 heterocycles. The lowest BCUT2D eigenvalue weighted by molar-refractivity contribution is -0.115. The molecule has 1 aliphatic heterocycles. The van der Waals surface area contributed by atoms with Crippen molar-refractivity contribution in [3.05, 3.63) is 84.1 Å². The largest absolute Gasteiger partial charge is 0.492 e. The molecule has 0 saturated carbocycles. The molecule has 3 aromatic carbocycles. The van der Waals surface area contributed by atoms with Crippen LogP contribution in [0.5, 0.6) is 5.75 Å². The van der Waals surface area contributed by atoms with Crippen LogP contribution in [0.4, 0.5) is 11.4 Å². The number of aromatic amines is 1. The number of hydrogen-bond donors (Lipinski definition) is 4. The maximum atomic E-state index is 12.9. The number of benzene rings is 3. The minimum Gasteiger partial charge on any atom is -0.492 e. The molecule has 1 amide bonds. The highest BCUT2D eigenvalue weighted by molar-refractivity contribution is 7.92. The van der Waals surface area contributed by atoms with E-state index >= 15 is 0 Å². The van der Waals surface area contributed by atoms with E-state index in [1.165, 1.54) is 12.1 Å². The maximum Gasteiger partial charge on any atom is 0.261 e. The van der Waals surface area contributed by atoms with E-state index in [9.17, 15) is 13.2 Å². The molecule has 0 spiro atoms. The average molecular weight is 477 g/mol. The van der Waals surface area contributed by atoms with Crippen molar-refractivity contribution >= 4 is 38.2 Å². The molecule has 0 unspecified atom stereocenters. The monoisotopic (exact) mass is 476 g/mol. The highest BCUT2D eigenvalue weighted by Crippen LogP contribution is 2.27. The van der Waals surface area contributed by atoms with E-state index in [0.717, 1.165) is 22.2 Å². The average Bonchev–Trinajstić information content (AvgIpc) is 3.44. The third-order valence-corrected chi connectivity index (χ3v) is 6.99. The fraction of sp³-hybridized carbons (Fsp3) is 0.160. The molecule has 1 aromatic heterocycles. The quantitative estimate of drug-likeness (QED) is 0.276. The van der Waals surface area contributed by atoms with Crippen LogP contribution in [-0.2, 0) is 27.8 Å². The second kappa shape index (κ2) is 9.20. The molecule has 9 heteroatoms. The Morgan fingerprint density at radius 2 is 1.88 bits per heavy atom. The molecule has 4 N–H and O–H groups in total. The van der Waals surface area contributed by atoms with Crippen molar-refractivity contribution < 1.29 is 17.9 Å². The van der Waals surface area contributed by atoms with Gasteiger partial charge in [-0.3, -0.25) is 9.52 Å². The fourth-order valence-electron chi connectivity index (χ4n) is 3.98. The van der Waals surface area contributed by atoms with Gasteiger partial charge in [-0.15, -0.1) is 0 Å². The number of H-pyrrole nitrogens is 1. The summed E-state index contributed by atoms with van der Waals surface area (Å²) in [6.07, 6.45) is 2.07. The normalized spacial score (nSPS) is 13.0. The van der Waals surface area contributed by atoms with Gasteiger partial charge in [-0.2, -0.15) is 0 Å². The van der Waals surface area contributed by atoms with Crippen molar-refractivity contribution in [2.24, 2.45) is 0 Å². The second-order valence-electron chi connectivity index (χ2n) is 8.07. The Hall–Kier alpha value is -3.82. The SMILES string of the molecule is O=C1Cc2cc(S(=O)(=O)Nc3cccc(CNCCOc4cccc5[nH]ccc45)c3)ccc2N1. The van der Waals surface area contributed by atoms with Gasteiger partial charge in [0.15, 0.2) is 0 Å². The number of ether oxygens (including phenoxy) is 1. The highest BCUT2D eigenvalue weighted by Gasteiger charge is 2.22. The number of fused-ring (bicyclic) bond motifs is 2. The van der Waals surface area contributed by atoms with E-state index < -0.39 is 10.0 Å². The number of aromatic nitrogens is 1. The van der Waals surface area contributed by atoms with Gasteiger partial charge < -0.3 is 20.4 Å². The standard InChI is InChI=1S/C25H24N4O4S/c30-25-15-18-14-20(7-8-22(18)28-25)34(31,32)29-19-4-1-3-17(13-19)16-26-11-12-33-24-6-2-5-23-21(24)9-10-27-23/h1-10,13-14,26-27,29H,11-12,15-16H2,(H,28,30). The van der Waals surface area contributed by atoms with Gasteiger partial charge in [0, 0.05) is 41.6 Å². The minimum absolute atomic E-state index is 0.126. The Morgan fingerprint density at radius 3 is 2.79 bits per heavy atom. The third kappa shape index (κ3) is 4.75. The number of carbonyl (C=O) groups is 1. The van der Waals surface area contributed by atoms with Crippen molar-refractivity contribution in [3.8, 4) is 5.75 Å². The van der Waals surface area contributed by atoms with Crippen LogP contribution in [0.3, 0.4) is 0 Å². The Balaban J connectivity index is 1.16. The van der Waals surface area contributed by atoms with Gasteiger partial charge in [-0.05, 0) is 59.7 Å². The van der Waals surface area contributed by atoms with Crippen LogP contribution in [0, 0.1) is 0 Å². The molecular weight excluding hydrogens is 452 g/mol. The number of anilines is 2. The first kappa shape index (κ1) is 22.0. The van der Waals surface area contributed by atoms with E-state index in [2.05, 4.69) is 20.3 Å².